The van der Waals surface area contributed by atoms with Gasteiger partial charge in [0.05, 0.1) is 0 Å². The molecule has 1 aliphatic rings. The molecule has 0 radical (unpaired) electrons. The number of rotatable bonds is 3. The van der Waals surface area contributed by atoms with Crippen molar-refractivity contribution in [3.63, 3.8) is 0 Å². The SMILES string of the molecule is NCC1CCCC1Oc1ncccn1. The lowest BCUT2D eigenvalue weighted by atomic mass is 10.1. The van der Waals surface area contributed by atoms with Gasteiger partial charge < -0.3 is 10.5 Å². The first-order valence-electron chi connectivity index (χ1n) is 5.04. The third kappa shape index (κ3) is 2.01. The van der Waals surface area contributed by atoms with Crippen LogP contribution in [0, 0.1) is 5.92 Å². The fourth-order valence-corrected chi connectivity index (χ4v) is 1.91. The Hall–Kier alpha value is -1.16. The molecule has 1 aliphatic carbocycles. The van der Waals surface area contributed by atoms with Crippen molar-refractivity contribution in [1.82, 2.24) is 9.97 Å². The Morgan fingerprint density at radius 3 is 2.86 bits per heavy atom. The van der Waals surface area contributed by atoms with Crippen LogP contribution in [-0.2, 0) is 0 Å². The zero-order chi connectivity index (χ0) is 9.80. The minimum atomic E-state index is 0.211. The van der Waals surface area contributed by atoms with Crippen molar-refractivity contribution in [3.05, 3.63) is 18.5 Å². The number of hydrogen-bond acceptors (Lipinski definition) is 4. The summed E-state index contributed by atoms with van der Waals surface area (Å²) in [6, 6.07) is 2.25. The molecular formula is C10H15N3O. The number of hydrogen-bond donors (Lipinski definition) is 1. The second-order valence-corrected chi connectivity index (χ2v) is 3.61. The van der Waals surface area contributed by atoms with Crippen molar-refractivity contribution in [1.29, 1.82) is 0 Å². The van der Waals surface area contributed by atoms with Crippen molar-refractivity contribution < 1.29 is 4.74 Å². The number of nitrogens with zero attached hydrogens (tertiary/aromatic N) is 2. The minimum absolute atomic E-state index is 0.211. The monoisotopic (exact) mass is 193 g/mol. The molecular weight excluding hydrogens is 178 g/mol. The van der Waals surface area contributed by atoms with Crippen LogP contribution in [-0.4, -0.2) is 22.6 Å². The van der Waals surface area contributed by atoms with Gasteiger partial charge in [-0.25, -0.2) is 9.97 Å². The van der Waals surface area contributed by atoms with E-state index in [2.05, 4.69) is 9.97 Å². The summed E-state index contributed by atoms with van der Waals surface area (Å²) in [7, 11) is 0. The molecule has 1 fully saturated rings. The van der Waals surface area contributed by atoms with Crippen molar-refractivity contribution in [2.45, 2.75) is 25.4 Å². The summed E-state index contributed by atoms with van der Waals surface area (Å²) in [5, 5.41) is 0. The van der Waals surface area contributed by atoms with Crippen molar-refractivity contribution in [3.8, 4) is 6.01 Å². The van der Waals surface area contributed by atoms with Gasteiger partial charge in [-0.3, -0.25) is 0 Å². The minimum Gasteiger partial charge on any atom is -0.460 e. The van der Waals surface area contributed by atoms with E-state index in [4.69, 9.17) is 10.5 Å². The Labute approximate surface area is 83.5 Å². The fourth-order valence-electron chi connectivity index (χ4n) is 1.91. The van der Waals surface area contributed by atoms with Gasteiger partial charge in [-0.05, 0) is 31.9 Å². The van der Waals surface area contributed by atoms with Gasteiger partial charge in [0.25, 0.3) is 0 Å². The molecule has 0 amide bonds. The zero-order valence-electron chi connectivity index (χ0n) is 8.10. The topological polar surface area (TPSA) is 61.0 Å². The van der Waals surface area contributed by atoms with Crippen molar-refractivity contribution in [2.75, 3.05) is 6.54 Å². The summed E-state index contributed by atoms with van der Waals surface area (Å²) in [5.41, 5.74) is 5.66. The Kier molecular flexibility index (Phi) is 2.93. The molecule has 2 N–H and O–H groups in total. The first-order valence-corrected chi connectivity index (χ1v) is 5.04. The van der Waals surface area contributed by atoms with Gasteiger partial charge in [0.2, 0.25) is 0 Å². The Morgan fingerprint density at radius 2 is 2.14 bits per heavy atom. The van der Waals surface area contributed by atoms with Crippen molar-refractivity contribution >= 4 is 0 Å². The molecule has 0 bridgehead atoms. The summed E-state index contributed by atoms with van der Waals surface area (Å²) >= 11 is 0. The van der Waals surface area contributed by atoms with Gasteiger partial charge in [0, 0.05) is 18.3 Å². The molecule has 0 saturated heterocycles. The van der Waals surface area contributed by atoms with E-state index in [1.165, 1.54) is 6.42 Å². The zero-order valence-corrected chi connectivity index (χ0v) is 8.10. The van der Waals surface area contributed by atoms with Gasteiger partial charge in [-0.2, -0.15) is 0 Å². The van der Waals surface area contributed by atoms with E-state index >= 15 is 0 Å². The smallest absolute Gasteiger partial charge is 0.316 e. The predicted molar refractivity (Wildman–Crippen MR) is 52.8 cm³/mol. The predicted octanol–water partition coefficient (Wildman–Crippen LogP) is 0.983. The van der Waals surface area contributed by atoms with E-state index in [-0.39, 0.29) is 6.10 Å². The van der Waals surface area contributed by atoms with E-state index in [0.717, 1.165) is 12.8 Å². The maximum Gasteiger partial charge on any atom is 0.316 e. The number of nitrogens with two attached hydrogens (primary N) is 1. The van der Waals surface area contributed by atoms with Crippen LogP contribution in [0.1, 0.15) is 19.3 Å². The summed E-state index contributed by atoms with van der Waals surface area (Å²) in [6.45, 7) is 0.692. The lowest BCUT2D eigenvalue weighted by Crippen LogP contribution is -2.28. The molecule has 0 aromatic carbocycles. The third-order valence-corrected chi connectivity index (χ3v) is 2.69. The first-order chi connectivity index (χ1) is 6.90. The Bertz CT molecular complexity index is 278. The highest BCUT2D eigenvalue weighted by atomic mass is 16.5. The van der Waals surface area contributed by atoms with Crippen LogP contribution >= 0.6 is 0 Å². The van der Waals surface area contributed by atoms with E-state index in [9.17, 15) is 0 Å². The number of aromatic nitrogens is 2. The average molecular weight is 193 g/mol. The van der Waals surface area contributed by atoms with Gasteiger partial charge in [0.15, 0.2) is 0 Å². The molecule has 2 rings (SSSR count). The normalized spacial score (nSPS) is 26.4. The average Bonchev–Trinajstić information content (AvgIpc) is 2.67. The van der Waals surface area contributed by atoms with E-state index < -0.39 is 0 Å². The van der Waals surface area contributed by atoms with Gasteiger partial charge in [0.1, 0.15) is 6.10 Å². The Balaban J connectivity index is 1.97. The lowest BCUT2D eigenvalue weighted by Gasteiger charge is -2.17. The maximum absolute atomic E-state index is 5.68. The molecule has 0 aliphatic heterocycles. The molecule has 1 heterocycles. The summed E-state index contributed by atoms with van der Waals surface area (Å²) in [5.74, 6) is 0.471. The largest absolute Gasteiger partial charge is 0.460 e. The second kappa shape index (κ2) is 4.37. The summed E-state index contributed by atoms with van der Waals surface area (Å²) in [4.78, 5) is 8.07. The molecule has 4 heteroatoms. The van der Waals surface area contributed by atoms with Crippen molar-refractivity contribution in [2.24, 2.45) is 11.7 Å². The highest BCUT2D eigenvalue weighted by molar-refractivity contribution is 4.96. The third-order valence-electron chi connectivity index (χ3n) is 2.69. The quantitative estimate of drug-likeness (QED) is 0.777. The molecule has 2 atom stereocenters. The van der Waals surface area contributed by atoms with Gasteiger partial charge >= 0.3 is 6.01 Å². The van der Waals surface area contributed by atoms with Crippen LogP contribution in [0.25, 0.3) is 0 Å². The van der Waals surface area contributed by atoms with E-state index in [1.807, 2.05) is 0 Å². The molecule has 1 aromatic heterocycles. The Morgan fingerprint density at radius 1 is 1.36 bits per heavy atom. The van der Waals surface area contributed by atoms with Gasteiger partial charge in [-0.15, -0.1) is 0 Å². The maximum atomic E-state index is 5.68. The molecule has 76 valence electrons. The summed E-state index contributed by atoms with van der Waals surface area (Å²) in [6.07, 6.45) is 7.01. The molecule has 1 aromatic rings. The van der Waals surface area contributed by atoms with Gasteiger partial charge in [-0.1, -0.05) is 0 Å². The van der Waals surface area contributed by atoms with Crippen LogP contribution in [0.2, 0.25) is 0 Å². The van der Waals surface area contributed by atoms with Crippen LogP contribution in [0.15, 0.2) is 18.5 Å². The highest BCUT2D eigenvalue weighted by Crippen LogP contribution is 2.27. The fraction of sp³-hybridized carbons (Fsp3) is 0.600. The lowest BCUT2D eigenvalue weighted by molar-refractivity contribution is 0.148. The van der Waals surface area contributed by atoms with E-state index in [0.29, 0.717) is 18.5 Å². The molecule has 2 unspecified atom stereocenters. The molecule has 0 spiro atoms. The molecule has 4 nitrogen and oxygen atoms in total. The van der Waals surface area contributed by atoms with E-state index in [1.54, 1.807) is 18.5 Å². The van der Waals surface area contributed by atoms with Crippen LogP contribution in [0.5, 0.6) is 6.01 Å². The summed E-state index contributed by atoms with van der Waals surface area (Å²) < 4.78 is 5.68. The number of ether oxygens (including phenoxy) is 1. The van der Waals surface area contributed by atoms with Crippen LogP contribution in [0.4, 0.5) is 0 Å². The standard InChI is InChI=1S/C10H15N3O/c11-7-8-3-1-4-9(8)14-10-12-5-2-6-13-10/h2,5-6,8-9H,1,3-4,7,11H2. The second-order valence-electron chi connectivity index (χ2n) is 3.61. The molecule has 1 saturated carbocycles. The van der Waals surface area contributed by atoms with Crippen LogP contribution < -0.4 is 10.5 Å². The van der Waals surface area contributed by atoms with Crippen LogP contribution in [0.3, 0.4) is 0 Å². The first kappa shape index (κ1) is 9.40. The molecule has 14 heavy (non-hydrogen) atoms. The highest BCUT2D eigenvalue weighted by Gasteiger charge is 2.28.